The van der Waals surface area contributed by atoms with Gasteiger partial charge in [0.1, 0.15) is 23.1 Å². The van der Waals surface area contributed by atoms with Crippen LogP contribution in [0.2, 0.25) is 0 Å². The number of carbonyl (C=O) groups is 1. The van der Waals surface area contributed by atoms with Gasteiger partial charge in [-0.2, -0.15) is 0 Å². The highest BCUT2D eigenvalue weighted by Gasteiger charge is 2.23. The zero-order valence-electron chi connectivity index (χ0n) is 10.5. The molecule has 1 aromatic rings. The van der Waals surface area contributed by atoms with Crippen molar-refractivity contribution in [3.8, 4) is 0 Å². The van der Waals surface area contributed by atoms with E-state index in [0.29, 0.717) is 0 Å². The van der Waals surface area contributed by atoms with Crippen LogP contribution in [0.4, 0.5) is 14.5 Å². The second-order valence-electron chi connectivity index (χ2n) is 3.69. The van der Waals surface area contributed by atoms with E-state index in [9.17, 15) is 13.6 Å². The predicted molar refractivity (Wildman–Crippen MR) is 76.6 cm³/mol. The maximum absolute atomic E-state index is 14.0. The van der Waals surface area contributed by atoms with E-state index in [-0.39, 0.29) is 5.57 Å². The van der Waals surface area contributed by atoms with Crippen LogP contribution in [-0.4, -0.2) is 23.6 Å². The summed E-state index contributed by atoms with van der Waals surface area (Å²) in [5.41, 5.74) is 3.12. The number of benzene rings is 1. The molecule has 5 N–H and O–H groups in total. The molecule has 0 aliphatic heterocycles. The van der Waals surface area contributed by atoms with Crippen LogP contribution >= 0.6 is 11.9 Å². The first-order valence-electron chi connectivity index (χ1n) is 5.25. The molecule has 0 spiro atoms. The number of Topliss-reactive ketones (excluding diaryl/α,β-unsaturated/α-hetero) is 1. The van der Waals surface area contributed by atoms with Gasteiger partial charge in [-0.05, 0) is 12.1 Å². The molecule has 1 rings (SSSR count). The quantitative estimate of drug-likeness (QED) is 0.280. The highest BCUT2D eigenvalue weighted by atomic mass is 32.2. The van der Waals surface area contributed by atoms with Gasteiger partial charge in [-0.3, -0.25) is 15.6 Å². The third kappa shape index (κ3) is 3.02. The number of carbonyl (C=O) groups excluding carboxylic acids is 1. The number of hydrogen-bond acceptors (Lipinski definition) is 5. The van der Waals surface area contributed by atoms with Gasteiger partial charge in [0.2, 0.25) is 5.78 Å². The highest BCUT2D eigenvalue weighted by molar-refractivity contribution is 7.99. The molecule has 8 heteroatoms. The van der Waals surface area contributed by atoms with Gasteiger partial charge in [-0.15, -0.1) is 0 Å². The van der Waals surface area contributed by atoms with Crippen LogP contribution in [0, 0.1) is 22.5 Å². The molecule has 5 nitrogen and oxygen atoms in total. The van der Waals surface area contributed by atoms with Gasteiger partial charge in [-0.1, -0.05) is 18.5 Å². The summed E-state index contributed by atoms with van der Waals surface area (Å²) >= 11 is 0.956. The summed E-state index contributed by atoms with van der Waals surface area (Å²) in [6.45, 7) is 3.30. The van der Waals surface area contributed by atoms with Gasteiger partial charge in [-0.25, -0.2) is 8.78 Å². The lowest BCUT2D eigenvalue weighted by molar-refractivity contribution is 0.106. The average molecular weight is 298 g/mol. The first-order chi connectivity index (χ1) is 9.31. The number of halogens is 2. The molecule has 0 radical (unpaired) electrons. The Labute approximate surface area is 118 Å². The number of nitrogens with two attached hydrogens (primary N) is 1. The highest BCUT2D eigenvalue weighted by Crippen LogP contribution is 2.25. The van der Waals surface area contributed by atoms with E-state index in [1.54, 1.807) is 6.26 Å². The van der Waals surface area contributed by atoms with Crippen molar-refractivity contribution in [2.45, 2.75) is 0 Å². The summed E-state index contributed by atoms with van der Waals surface area (Å²) in [5, 5.41) is 14.6. The Morgan fingerprint density at radius 2 is 2.00 bits per heavy atom. The molecule has 0 heterocycles. The van der Waals surface area contributed by atoms with E-state index < -0.39 is 40.2 Å². The van der Waals surface area contributed by atoms with E-state index in [1.165, 1.54) is 0 Å². The Balaban J connectivity index is 3.24. The van der Waals surface area contributed by atoms with E-state index >= 15 is 0 Å². The van der Waals surface area contributed by atoms with Gasteiger partial charge < -0.3 is 10.5 Å². The molecule has 20 heavy (non-hydrogen) atoms. The predicted octanol–water partition coefficient (Wildman–Crippen LogP) is 2.35. The minimum absolute atomic E-state index is 0.321. The maximum Gasteiger partial charge on any atom is 0.214 e. The second-order valence-corrected chi connectivity index (χ2v) is 4.30. The number of rotatable bonds is 6. The molecule has 0 bridgehead atoms. The lowest BCUT2D eigenvalue weighted by Crippen LogP contribution is -2.25. The Morgan fingerprint density at radius 3 is 2.50 bits per heavy atom. The molecular formula is C12H12F2N4OS. The molecule has 0 atom stereocenters. The first kappa shape index (κ1) is 15.8. The molecule has 0 unspecified atom stereocenters. The zero-order chi connectivity index (χ0) is 15.4. The zero-order valence-corrected chi connectivity index (χ0v) is 11.3. The summed E-state index contributed by atoms with van der Waals surface area (Å²) in [6, 6.07) is 1.85. The van der Waals surface area contributed by atoms with Crippen molar-refractivity contribution in [2.24, 2.45) is 5.73 Å². The maximum atomic E-state index is 14.0. The standard InChI is InChI=1S/C12H12F2N4OS/c1-5(12(16)17)9(15)11(19)6-3-4-7(13)10(8(6)14)18-20-2/h3-4,15,18H,1H2,2H3,(H3,16,17). The topological polar surface area (TPSA) is 103 Å². The number of ketones is 1. The fourth-order valence-corrected chi connectivity index (χ4v) is 1.72. The fourth-order valence-electron chi connectivity index (χ4n) is 1.33. The Morgan fingerprint density at radius 1 is 1.40 bits per heavy atom. The SMILES string of the molecule is C=C(C(=N)N)C(=N)C(=O)c1ccc(F)c(NSC)c1F. The number of hydrogen-bond donors (Lipinski definition) is 4. The minimum atomic E-state index is -1.11. The third-order valence-electron chi connectivity index (χ3n) is 2.39. The average Bonchev–Trinajstić information content (AvgIpc) is 2.41. The van der Waals surface area contributed by atoms with E-state index in [2.05, 4.69) is 11.3 Å². The monoisotopic (exact) mass is 298 g/mol. The molecule has 0 aliphatic rings. The van der Waals surface area contributed by atoms with Crippen LogP contribution in [0.3, 0.4) is 0 Å². The summed E-state index contributed by atoms with van der Waals surface area (Å²) in [6.07, 6.45) is 1.56. The van der Waals surface area contributed by atoms with Gasteiger partial charge in [0.05, 0.1) is 5.56 Å². The van der Waals surface area contributed by atoms with Gasteiger partial charge in [0.25, 0.3) is 0 Å². The molecule has 0 aliphatic carbocycles. The molecule has 1 aromatic carbocycles. The lowest BCUT2D eigenvalue weighted by atomic mass is 10.00. The van der Waals surface area contributed by atoms with Crippen LogP contribution in [0.15, 0.2) is 24.3 Å². The molecular weight excluding hydrogens is 286 g/mol. The van der Waals surface area contributed by atoms with E-state index in [1.807, 2.05) is 0 Å². The number of amidine groups is 1. The van der Waals surface area contributed by atoms with Crippen molar-refractivity contribution < 1.29 is 13.6 Å². The summed E-state index contributed by atoms with van der Waals surface area (Å²) in [4.78, 5) is 11.9. The molecule has 0 fully saturated rings. The van der Waals surface area contributed by atoms with Crippen LogP contribution < -0.4 is 10.5 Å². The van der Waals surface area contributed by atoms with Crippen LogP contribution in [0.1, 0.15) is 10.4 Å². The molecule has 0 saturated carbocycles. The van der Waals surface area contributed by atoms with Crippen molar-refractivity contribution in [3.05, 3.63) is 41.5 Å². The fraction of sp³-hybridized carbons (Fsp3) is 0.0833. The van der Waals surface area contributed by atoms with Gasteiger partial charge in [0, 0.05) is 11.8 Å². The molecule has 0 aromatic heterocycles. The number of anilines is 1. The summed E-state index contributed by atoms with van der Waals surface area (Å²) in [7, 11) is 0. The second kappa shape index (κ2) is 6.29. The van der Waals surface area contributed by atoms with Gasteiger partial charge in [0.15, 0.2) is 5.82 Å². The normalized spacial score (nSPS) is 9.95. The van der Waals surface area contributed by atoms with Crippen molar-refractivity contribution in [2.75, 3.05) is 11.0 Å². The number of nitrogens with one attached hydrogen (secondary N) is 3. The Hall–Kier alpha value is -2.22. The van der Waals surface area contributed by atoms with Crippen LogP contribution in [0.25, 0.3) is 0 Å². The summed E-state index contributed by atoms with van der Waals surface area (Å²) < 4.78 is 29.8. The molecule has 0 amide bonds. The van der Waals surface area contributed by atoms with Crippen molar-refractivity contribution in [1.82, 2.24) is 0 Å². The Kier molecular flexibility index (Phi) is 4.98. The minimum Gasteiger partial charge on any atom is -0.384 e. The van der Waals surface area contributed by atoms with Crippen LogP contribution in [0.5, 0.6) is 0 Å². The molecule has 0 saturated heterocycles. The summed E-state index contributed by atoms with van der Waals surface area (Å²) in [5.74, 6) is -3.55. The first-order valence-corrected chi connectivity index (χ1v) is 6.47. The smallest absolute Gasteiger partial charge is 0.214 e. The van der Waals surface area contributed by atoms with Crippen molar-refractivity contribution in [1.29, 1.82) is 10.8 Å². The lowest BCUT2D eigenvalue weighted by Gasteiger charge is -2.10. The van der Waals surface area contributed by atoms with Crippen molar-refractivity contribution >= 4 is 35.0 Å². The third-order valence-corrected chi connectivity index (χ3v) is 2.80. The molecule has 106 valence electrons. The van der Waals surface area contributed by atoms with E-state index in [0.717, 1.165) is 24.1 Å². The largest absolute Gasteiger partial charge is 0.384 e. The Bertz CT molecular complexity index is 616. The van der Waals surface area contributed by atoms with Gasteiger partial charge >= 0.3 is 0 Å². The van der Waals surface area contributed by atoms with E-state index in [4.69, 9.17) is 16.6 Å². The van der Waals surface area contributed by atoms with Crippen molar-refractivity contribution in [3.63, 3.8) is 0 Å². The van der Waals surface area contributed by atoms with Crippen LogP contribution in [-0.2, 0) is 0 Å².